The molecule has 1 aliphatic rings. The molecule has 5 nitrogen and oxygen atoms in total. The summed E-state index contributed by atoms with van der Waals surface area (Å²) in [5.74, 6) is 1.04. The molecule has 1 aromatic rings. The van der Waals surface area contributed by atoms with E-state index >= 15 is 0 Å². The maximum Gasteiger partial charge on any atom is 0.275 e. The highest BCUT2D eigenvalue weighted by Gasteiger charge is 2.12. The van der Waals surface area contributed by atoms with Crippen molar-refractivity contribution in [3.8, 4) is 0 Å². The summed E-state index contributed by atoms with van der Waals surface area (Å²) >= 11 is 1.42. The van der Waals surface area contributed by atoms with Gasteiger partial charge in [0.15, 0.2) is 5.16 Å². The van der Waals surface area contributed by atoms with Crippen LogP contribution in [0.4, 0.5) is 0 Å². The Balaban J connectivity index is 0.000000980. The number of hydrogen-bond donors (Lipinski definition) is 1. The minimum Gasteiger partial charge on any atom is -0.385 e. The fourth-order valence-electron chi connectivity index (χ4n) is 1.05. The minimum absolute atomic E-state index is 0. The normalized spacial score (nSPS) is 13.9. The first-order valence-electron chi connectivity index (χ1n) is 3.73. The average Bonchev–Trinajstić information content (AvgIpc) is 2.06. The van der Waals surface area contributed by atoms with Gasteiger partial charge >= 0.3 is 0 Å². The SMILES string of the molecule is Br.Cc1cc(=O)n2c(n1)SCC(N)=N2. The van der Waals surface area contributed by atoms with Gasteiger partial charge in [0.25, 0.3) is 5.56 Å². The lowest BCUT2D eigenvalue weighted by Gasteiger charge is -2.12. The fraction of sp³-hybridized carbons (Fsp3) is 0.286. The van der Waals surface area contributed by atoms with Crippen LogP contribution in [0.3, 0.4) is 0 Å². The number of nitrogens with zero attached hydrogens (tertiary/aromatic N) is 3. The molecule has 0 atom stereocenters. The lowest BCUT2D eigenvalue weighted by atomic mass is 10.5. The van der Waals surface area contributed by atoms with Crippen LogP contribution in [0, 0.1) is 6.92 Å². The first kappa shape index (κ1) is 11.3. The van der Waals surface area contributed by atoms with E-state index in [1.54, 1.807) is 6.92 Å². The first-order valence-corrected chi connectivity index (χ1v) is 4.72. The molecule has 0 spiro atoms. The van der Waals surface area contributed by atoms with E-state index in [-0.39, 0.29) is 22.5 Å². The Morgan fingerprint density at radius 2 is 2.36 bits per heavy atom. The second-order valence-corrected chi connectivity index (χ2v) is 3.65. The van der Waals surface area contributed by atoms with Gasteiger partial charge in [-0.25, -0.2) is 4.98 Å². The van der Waals surface area contributed by atoms with E-state index < -0.39 is 0 Å². The Hall–Kier alpha value is -0.820. The predicted molar refractivity (Wildman–Crippen MR) is 61.3 cm³/mol. The van der Waals surface area contributed by atoms with Crippen LogP contribution in [0.15, 0.2) is 21.1 Å². The number of amidine groups is 1. The highest BCUT2D eigenvalue weighted by Crippen LogP contribution is 2.16. The number of aryl methyl sites for hydroxylation is 1. The second-order valence-electron chi connectivity index (χ2n) is 2.71. The zero-order chi connectivity index (χ0) is 9.42. The zero-order valence-electron chi connectivity index (χ0n) is 7.43. The number of rotatable bonds is 0. The van der Waals surface area contributed by atoms with Gasteiger partial charge in [-0.15, -0.1) is 22.1 Å². The number of aromatic nitrogens is 2. The maximum absolute atomic E-state index is 11.4. The summed E-state index contributed by atoms with van der Waals surface area (Å²) in [6.45, 7) is 1.78. The maximum atomic E-state index is 11.4. The van der Waals surface area contributed by atoms with Crippen LogP contribution in [0.5, 0.6) is 0 Å². The topological polar surface area (TPSA) is 73.3 Å². The van der Waals surface area contributed by atoms with Crippen LogP contribution in [0.1, 0.15) is 5.69 Å². The number of nitrogens with two attached hydrogens (primary N) is 1. The van der Waals surface area contributed by atoms with E-state index in [4.69, 9.17) is 5.73 Å². The number of halogens is 1. The molecule has 0 saturated carbocycles. The summed E-state index contributed by atoms with van der Waals surface area (Å²) in [5.41, 5.74) is 6.02. The van der Waals surface area contributed by atoms with Crippen molar-refractivity contribution in [1.82, 2.24) is 9.66 Å². The predicted octanol–water partition coefficient (Wildman–Crippen LogP) is 0.356. The van der Waals surface area contributed by atoms with E-state index in [0.717, 1.165) is 0 Å². The van der Waals surface area contributed by atoms with Crippen LogP contribution >= 0.6 is 28.7 Å². The summed E-state index contributed by atoms with van der Waals surface area (Å²) < 4.78 is 1.23. The molecule has 2 rings (SSSR count). The molecule has 14 heavy (non-hydrogen) atoms. The molecule has 2 N–H and O–H groups in total. The quantitative estimate of drug-likeness (QED) is 0.695. The molecule has 1 aliphatic heterocycles. The third kappa shape index (κ3) is 1.98. The van der Waals surface area contributed by atoms with Gasteiger partial charge in [-0.05, 0) is 6.92 Å². The van der Waals surface area contributed by atoms with Crippen molar-refractivity contribution < 1.29 is 0 Å². The molecule has 0 radical (unpaired) electrons. The van der Waals surface area contributed by atoms with Crippen LogP contribution in [0.25, 0.3) is 0 Å². The first-order chi connectivity index (χ1) is 6.16. The van der Waals surface area contributed by atoms with Crippen LogP contribution in [-0.4, -0.2) is 21.2 Å². The Labute approximate surface area is 95.2 Å². The van der Waals surface area contributed by atoms with Crippen LogP contribution in [-0.2, 0) is 0 Å². The van der Waals surface area contributed by atoms with Crippen molar-refractivity contribution in [2.75, 3.05) is 5.75 Å². The molecule has 0 bridgehead atoms. The molecule has 7 heteroatoms. The molecule has 0 aromatic carbocycles. The van der Waals surface area contributed by atoms with E-state index in [1.807, 2.05) is 0 Å². The summed E-state index contributed by atoms with van der Waals surface area (Å²) in [5, 5.41) is 4.51. The van der Waals surface area contributed by atoms with Gasteiger partial charge in [-0.3, -0.25) is 4.79 Å². The molecule has 0 fully saturated rings. The molecule has 76 valence electrons. The molecular weight excluding hydrogens is 268 g/mol. The van der Waals surface area contributed by atoms with Gasteiger partial charge in [0.05, 0.1) is 5.75 Å². The van der Waals surface area contributed by atoms with Crippen molar-refractivity contribution in [2.45, 2.75) is 12.1 Å². The van der Waals surface area contributed by atoms with E-state index in [1.165, 1.54) is 22.5 Å². The second kappa shape index (κ2) is 4.14. The highest BCUT2D eigenvalue weighted by molar-refractivity contribution is 8.93. The third-order valence-corrected chi connectivity index (χ3v) is 2.53. The summed E-state index contributed by atoms with van der Waals surface area (Å²) in [6.07, 6.45) is 0. The van der Waals surface area contributed by atoms with Gasteiger partial charge in [0, 0.05) is 11.8 Å². The van der Waals surface area contributed by atoms with Crippen molar-refractivity contribution in [3.05, 3.63) is 22.1 Å². The monoisotopic (exact) mass is 276 g/mol. The van der Waals surface area contributed by atoms with Crippen LogP contribution in [0.2, 0.25) is 0 Å². The standard InChI is InChI=1S/C7H8N4OS.BrH/c1-4-2-6(12)11-7(9-4)13-3-5(8)10-11;/h2H,3H2,1H3,(H2,8,10);1H. The van der Waals surface area contributed by atoms with E-state index in [2.05, 4.69) is 10.1 Å². The Bertz CT molecular complexity index is 442. The minimum atomic E-state index is -0.183. The lowest BCUT2D eigenvalue weighted by molar-refractivity contribution is 0.673. The van der Waals surface area contributed by atoms with Gasteiger partial charge in [0.1, 0.15) is 5.84 Å². The number of thioether (sulfide) groups is 1. The summed E-state index contributed by atoms with van der Waals surface area (Å²) in [7, 11) is 0. The largest absolute Gasteiger partial charge is 0.385 e. The van der Waals surface area contributed by atoms with Gasteiger partial charge in [-0.2, -0.15) is 4.68 Å². The molecule has 1 aromatic heterocycles. The third-order valence-electron chi connectivity index (χ3n) is 1.57. The Morgan fingerprint density at radius 3 is 3.07 bits per heavy atom. The van der Waals surface area contributed by atoms with Gasteiger partial charge in [-0.1, -0.05) is 11.8 Å². The van der Waals surface area contributed by atoms with Crippen molar-refractivity contribution in [1.29, 1.82) is 0 Å². The molecule has 0 aliphatic carbocycles. The molecule has 0 unspecified atom stereocenters. The van der Waals surface area contributed by atoms with Crippen molar-refractivity contribution in [2.24, 2.45) is 10.8 Å². The molecular formula is C7H9BrN4OS. The highest BCUT2D eigenvalue weighted by atomic mass is 79.9. The molecule has 2 heterocycles. The van der Waals surface area contributed by atoms with Gasteiger partial charge < -0.3 is 5.73 Å². The average molecular weight is 277 g/mol. The number of fused-ring (bicyclic) bond motifs is 1. The molecule has 0 saturated heterocycles. The van der Waals surface area contributed by atoms with E-state index in [0.29, 0.717) is 22.4 Å². The Morgan fingerprint density at radius 1 is 1.64 bits per heavy atom. The lowest BCUT2D eigenvalue weighted by Crippen LogP contribution is -2.28. The summed E-state index contributed by atoms with van der Waals surface area (Å²) in [6, 6.07) is 1.44. The zero-order valence-corrected chi connectivity index (χ0v) is 9.96. The van der Waals surface area contributed by atoms with E-state index in [9.17, 15) is 4.79 Å². The Kier molecular flexibility index (Phi) is 3.33. The van der Waals surface area contributed by atoms with Crippen molar-refractivity contribution in [3.63, 3.8) is 0 Å². The summed E-state index contributed by atoms with van der Waals surface area (Å²) in [4.78, 5) is 15.5. The number of hydrogen-bond acceptors (Lipinski definition) is 5. The smallest absolute Gasteiger partial charge is 0.275 e. The molecule has 0 amide bonds. The van der Waals surface area contributed by atoms with Crippen LogP contribution < -0.4 is 11.3 Å². The van der Waals surface area contributed by atoms with Crippen molar-refractivity contribution >= 4 is 34.6 Å². The van der Waals surface area contributed by atoms with Gasteiger partial charge in [0.2, 0.25) is 0 Å². The fourth-order valence-corrected chi connectivity index (χ4v) is 1.84.